The summed E-state index contributed by atoms with van der Waals surface area (Å²) in [5.74, 6) is 3.21. The van der Waals surface area contributed by atoms with Crippen LogP contribution >= 0.6 is 22.7 Å². The second-order valence-electron chi connectivity index (χ2n) is 12.7. The Bertz CT molecular complexity index is 1550. The average Bonchev–Trinajstić information content (AvgIpc) is 3.34. The van der Waals surface area contributed by atoms with E-state index in [9.17, 15) is 4.79 Å². The van der Waals surface area contributed by atoms with Gasteiger partial charge in [0.2, 0.25) is 0 Å². The van der Waals surface area contributed by atoms with Gasteiger partial charge in [-0.2, -0.15) is 10.9 Å². The summed E-state index contributed by atoms with van der Waals surface area (Å²) in [6.45, 7) is 2.15. The van der Waals surface area contributed by atoms with Gasteiger partial charge >= 0.3 is 5.97 Å². The standard InChI is InChI=1S/C37H36O3S2/c1-37(26-19-24-18-25(21-26)22-27(37)20-24)40-36(38)23-39-28-10-12-29(13-11-28)41-30-14-16-31(17-15-30)42-34-8-4-2-6-32(34)33-7-3-5-9-35(33)42/h2-17,24-27,42H,18-23H2,1H3. The SMILES string of the molecule is CC1(OC(=O)COc2ccc(Sc3ccc([SH]4c5ccccc5-c5ccccc54)cc3)cc2)C2CC3CC(C2)CC1C3. The lowest BCUT2D eigenvalue weighted by molar-refractivity contribution is -0.204. The van der Waals surface area contributed by atoms with Gasteiger partial charge in [-0.1, -0.05) is 48.2 Å². The van der Waals surface area contributed by atoms with Crippen LogP contribution in [0.1, 0.15) is 39.0 Å². The van der Waals surface area contributed by atoms with Crippen LogP contribution in [0.15, 0.2) is 122 Å². The lowest BCUT2D eigenvalue weighted by atomic mass is 9.50. The van der Waals surface area contributed by atoms with Crippen LogP contribution in [0.25, 0.3) is 11.1 Å². The first kappa shape index (κ1) is 26.5. The summed E-state index contributed by atoms with van der Waals surface area (Å²) in [5.41, 5.74) is 2.43. The second kappa shape index (κ2) is 10.5. The number of benzene rings is 4. The molecule has 0 unspecified atom stereocenters. The summed E-state index contributed by atoms with van der Waals surface area (Å²) in [4.78, 5) is 19.4. The molecule has 4 saturated carbocycles. The fourth-order valence-corrected chi connectivity index (χ4v) is 11.7. The molecule has 9 rings (SSSR count). The Morgan fingerprint density at radius 3 is 1.83 bits per heavy atom. The van der Waals surface area contributed by atoms with E-state index in [1.54, 1.807) is 11.8 Å². The van der Waals surface area contributed by atoms with Crippen molar-refractivity contribution in [3.63, 3.8) is 0 Å². The van der Waals surface area contributed by atoms with Crippen molar-refractivity contribution in [1.82, 2.24) is 0 Å². The third kappa shape index (κ3) is 4.66. The van der Waals surface area contributed by atoms with Crippen LogP contribution < -0.4 is 4.74 Å². The number of ether oxygens (including phenoxy) is 2. The number of fused-ring (bicyclic) bond motifs is 3. The van der Waals surface area contributed by atoms with Gasteiger partial charge in [0.15, 0.2) is 6.61 Å². The molecule has 4 aromatic rings. The number of esters is 1. The van der Waals surface area contributed by atoms with E-state index in [2.05, 4.69) is 91.9 Å². The maximum Gasteiger partial charge on any atom is 0.344 e. The highest BCUT2D eigenvalue weighted by Gasteiger charge is 2.57. The Morgan fingerprint density at radius 2 is 1.26 bits per heavy atom. The van der Waals surface area contributed by atoms with Crippen LogP contribution in [-0.4, -0.2) is 18.2 Å². The molecule has 3 nitrogen and oxygen atoms in total. The first-order valence-electron chi connectivity index (χ1n) is 15.2. The number of carbonyl (C=O) groups excluding carboxylic acids is 1. The first-order chi connectivity index (χ1) is 20.5. The normalized spacial score (nSPS) is 27.4. The van der Waals surface area contributed by atoms with Gasteiger partial charge in [-0.05, 0) is 139 Å². The van der Waals surface area contributed by atoms with Gasteiger partial charge in [0.25, 0.3) is 0 Å². The summed E-state index contributed by atoms with van der Waals surface area (Å²) < 4.78 is 12.0. The minimum absolute atomic E-state index is 0.0366. The van der Waals surface area contributed by atoms with Gasteiger partial charge in [0.1, 0.15) is 11.4 Å². The summed E-state index contributed by atoms with van der Waals surface area (Å²) in [6.07, 6.45) is 6.29. The molecule has 1 aliphatic heterocycles. The van der Waals surface area contributed by atoms with Crippen molar-refractivity contribution in [3.05, 3.63) is 97.1 Å². The molecule has 0 atom stereocenters. The minimum Gasteiger partial charge on any atom is -0.482 e. The molecule has 0 amide bonds. The summed E-state index contributed by atoms with van der Waals surface area (Å²) in [5, 5.41) is 0. The average molecular weight is 593 g/mol. The van der Waals surface area contributed by atoms with Gasteiger partial charge in [-0.25, -0.2) is 4.79 Å². The lowest BCUT2D eigenvalue weighted by Gasteiger charge is -2.59. The molecule has 4 bridgehead atoms. The van der Waals surface area contributed by atoms with Gasteiger partial charge in [0.05, 0.1) is 0 Å². The number of thiol groups is 1. The number of carbonyl (C=O) groups is 1. The van der Waals surface area contributed by atoms with Crippen molar-refractivity contribution < 1.29 is 14.3 Å². The van der Waals surface area contributed by atoms with E-state index >= 15 is 0 Å². The predicted molar refractivity (Wildman–Crippen MR) is 170 cm³/mol. The smallest absolute Gasteiger partial charge is 0.344 e. The molecule has 0 spiro atoms. The maximum atomic E-state index is 12.8. The van der Waals surface area contributed by atoms with Crippen molar-refractivity contribution in [1.29, 1.82) is 0 Å². The van der Waals surface area contributed by atoms with Gasteiger partial charge < -0.3 is 9.47 Å². The summed E-state index contributed by atoms with van der Waals surface area (Å²) >= 11 is 1.74. The minimum atomic E-state index is -0.534. The van der Waals surface area contributed by atoms with Crippen LogP contribution in [0, 0.1) is 23.7 Å². The van der Waals surface area contributed by atoms with Gasteiger partial charge in [0, 0.05) is 19.6 Å². The Balaban J connectivity index is 0.889. The molecule has 4 fully saturated rings. The van der Waals surface area contributed by atoms with Crippen molar-refractivity contribution in [3.8, 4) is 16.9 Å². The first-order valence-corrected chi connectivity index (χ1v) is 17.4. The van der Waals surface area contributed by atoms with Crippen molar-refractivity contribution in [2.45, 2.75) is 69.1 Å². The fourth-order valence-electron chi connectivity index (χ4n) is 8.31. The predicted octanol–water partition coefficient (Wildman–Crippen LogP) is 9.43. The molecular weight excluding hydrogens is 557 g/mol. The van der Waals surface area contributed by atoms with E-state index in [1.165, 1.54) is 62.8 Å². The van der Waals surface area contributed by atoms with Crippen LogP contribution in [0.3, 0.4) is 0 Å². The van der Waals surface area contributed by atoms with E-state index in [0.717, 1.165) is 16.7 Å². The van der Waals surface area contributed by atoms with Crippen LogP contribution in [0.2, 0.25) is 0 Å². The van der Waals surface area contributed by atoms with Gasteiger partial charge in [-0.3, -0.25) is 0 Å². The van der Waals surface area contributed by atoms with Crippen LogP contribution in [-0.2, 0) is 9.53 Å². The molecule has 1 heterocycles. The molecule has 5 aliphatic rings. The zero-order valence-corrected chi connectivity index (χ0v) is 25.6. The zero-order valence-electron chi connectivity index (χ0n) is 23.9. The Hall–Kier alpha value is -3.15. The quantitative estimate of drug-likeness (QED) is 0.151. The molecular formula is C37H36O3S2. The molecule has 42 heavy (non-hydrogen) atoms. The molecule has 0 saturated heterocycles. The molecule has 5 heteroatoms. The topological polar surface area (TPSA) is 35.5 Å². The van der Waals surface area contributed by atoms with E-state index in [0.29, 0.717) is 17.6 Å². The molecule has 0 radical (unpaired) electrons. The van der Waals surface area contributed by atoms with Crippen molar-refractivity contribution >= 4 is 28.6 Å². The van der Waals surface area contributed by atoms with E-state index in [4.69, 9.17) is 9.47 Å². The van der Waals surface area contributed by atoms with Crippen LogP contribution in [0.4, 0.5) is 0 Å². The Kier molecular flexibility index (Phi) is 6.64. The monoisotopic (exact) mass is 592 g/mol. The highest BCUT2D eigenvalue weighted by Crippen LogP contribution is 2.62. The molecule has 4 aliphatic carbocycles. The molecule has 0 aromatic heterocycles. The highest BCUT2D eigenvalue weighted by molar-refractivity contribution is 8.17. The van der Waals surface area contributed by atoms with Gasteiger partial charge in [-0.15, -0.1) is 0 Å². The van der Waals surface area contributed by atoms with Crippen molar-refractivity contribution in [2.75, 3.05) is 6.61 Å². The Labute approximate surface area is 255 Å². The summed E-state index contributed by atoms with van der Waals surface area (Å²) in [6, 6.07) is 34.7. The second-order valence-corrected chi connectivity index (χ2v) is 16.0. The number of rotatable bonds is 7. The number of hydrogen-bond acceptors (Lipinski definition) is 4. The fraction of sp³-hybridized carbons (Fsp3) is 0.324. The Morgan fingerprint density at radius 1 is 0.738 bits per heavy atom. The molecule has 0 N–H and O–H groups in total. The lowest BCUT2D eigenvalue weighted by Crippen LogP contribution is -2.58. The highest BCUT2D eigenvalue weighted by atomic mass is 32.2. The summed E-state index contributed by atoms with van der Waals surface area (Å²) in [7, 11) is -0.534. The molecule has 214 valence electrons. The largest absolute Gasteiger partial charge is 0.482 e. The van der Waals surface area contributed by atoms with Crippen LogP contribution in [0.5, 0.6) is 5.75 Å². The maximum absolute atomic E-state index is 12.8. The van der Waals surface area contributed by atoms with E-state index in [-0.39, 0.29) is 18.2 Å². The zero-order chi connectivity index (χ0) is 28.3. The molecule has 4 aromatic carbocycles. The van der Waals surface area contributed by atoms with E-state index < -0.39 is 10.9 Å². The third-order valence-corrected chi connectivity index (χ3v) is 13.8. The van der Waals surface area contributed by atoms with Crippen molar-refractivity contribution in [2.24, 2.45) is 23.7 Å². The van der Waals surface area contributed by atoms with E-state index in [1.807, 2.05) is 12.1 Å². The third-order valence-electron chi connectivity index (χ3n) is 10.2. The number of hydrogen-bond donors (Lipinski definition) is 1.